The van der Waals surface area contributed by atoms with Crippen molar-refractivity contribution in [3.05, 3.63) is 41.9 Å². The third-order valence-corrected chi connectivity index (χ3v) is 2.42. The molecule has 1 aromatic heterocycles. The second-order valence-electron chi connectivity index (χ2n) is 3.34. The maximum atomic E-state index is 13.4. The molecule has 0 aliphatic carbocycles. The van der Waals surface area contributed by atoms with Crippen molar-refractivity contribution in [1.29, 1.82) is 0 Å². The van der Waals surface area contributed by atoms with Gasteiger partial charge in [-0.15, -0.1) is 0 Å². The van der Waals surface area contributed by atoms with Crippen molar-refractivity contribution in [3.8, 4) is 11.3 Å². The van der Waals surface area contributed by atoms with Crippen molar-refractivity contribution < 1.29 is 8.78 Å². The summed E-state index contributed by atoms with van der Waals surface area (Å²) in [4.78, 5) is 7.05. The van der Waals surface area contributed by atoms with E-state index in [0.29, 0.717) is 23.4 Å². The van der Waals surface area contributed by atoms with Crippen LogP contribution in [-0.4, -0.2) is 15.7 Å². The van der Waals surface area contributed by atoms with Gasteiger partial charge in [0.05, 0.1) is 11.9 Å². The summed E-state index contributed by atoms with van der Waals surface area (Å²) in [5.74, 6) is 0.227. The predicted molar refractivity (Wildman–Crippen MR) is 61.5 cm³/mol. The number of nitrogens with zero attached hydrogens (tertiary/aromatic N) is 1. The van der Waals surface area contributed by atoms with Crippen molar-refractivity contribution >= 4 is 12.6 Å². The van der Waals surface area contributed by atoms with Gasteiger partial charge < -0.3 is 4.98 Å². The Morgan fingerprint density at radius 3 is 2.81 bits per heavy atom. The van der Waals surface area contributed by atoms with E-state index >= 15 is 0 Å². The fraction of sp³-hybridized carbons (Fsp3) is 0.182. The molecule has 0 spiro atoms. The van der Waals surface area contributed by atoms with Gasteiger partial charge in [-0.25, -0.2) is 13.8 Å². The standard InChI is InChI=1S/C11H10F2N2S/c12-7-1-2-8(9(13)5-7)10-6-14-11(15-10)3-4-16/h1-2,5-6,16H,3-4H2,(H,14,15). The van der Waals surface area contributed by atoms with E-state index in [1.54, 1.807) is 0 Å². The van der Waals surface area contributed by atoms with Gasteiger partial charge in [0.15, 0.2) is 0 Å². The predicted octanol–water partition coefficient (Wildman–Crippen LogP) is 2.83. The third-order valence-electron chi connectivity index (χ3n) is 2.20. The Labute approximate surface area is 97.1 Å². The number of hydrogen-bond donors (Lipinski definition) is 2. The van der Waals surface area contributed by atoms with E-state index in [-0.39, 0.29) is 0 Å². The van der Waals surface area contributed by atoms with Crippen LogP contribution in [0.1, 0.15) is 5.82 Å². The van der Waals surface area contributed by atoms with Crippen molar-refractivity contribution in [3.63, 3.8) is 0 Å². The molecule has 0 fully saturated rings. The highest BCUT2D eigenvalue weighted by atomic mass is 32.1. The SMILES string of the molecule is Fc1ccc(-c2cnc(CCS)[nH]2)c(F)c1. The molecule has 2 nitrogen and oxygen atoms in total. The summed E-state index contributed by atoms with van der Waals surface area (Å²) >= 11 is 4.08. The number of halogens is 2. The summed E-state index contributed by atoms with van der Waals surface area (Å²) in [6, 6.07) is 3.47. The van der Waals surface area contributed by atoms with Crippen molar-refractivity contribution in [2.24, 2.45) is 0 Å². The zero-order chi connectivity index (χ0) is 11.5. The Morgan fingerprint density at radius 1 is 1.31 bits per heavy atom. The van der Waals surface area contributed by atoms with Crippen LogP contribution in [0.5, 0.6) is 0 Å². The van der Waals surface area contributed by atoms with Gasteiger partial charge in [0, 0.05) is 18.1 Å². The summed E-state index contributed by atoms with van der Waals surface area (Å²) in [7, 11) is 0. The van der Waals surface area contributed by atoms with E-state index in [4.69, 9.17) is 0 Å². The molecule has 84 valence electrons. The summed E-state index contributed by atoms with van der Waals surface area (Å²) < 4.78 is 26.1. The lowest BCUT2D eigenvalue weighted by molar-refractivity contribution is 0.585. The Bertz CT molecular complexity index is 496. The van der Waals surface area contributed by atoms with Gasteiger partial charge in [-0.3, -0.25) is 0 Å². The van der Waals surface area contributed by atoms with Gasteiger partial charge in [-0.2, -0.15) is 12.6 Å². The Kier molecular flexibility index (Phi) is 3.24. The van der Waals surface area contributed by atoms with Gasteiger partial charge in [0.25, 0.3) is 0 Å². The van der Waals surface area contributed by atoms with Crippen LogP contribution in [-0.2, 0) is 6.42 Å². The number of H-pyrrole nitrogens is 1. The Hall–Kier alpha value is -1.36. The number of aryl methyl sites for hydroxylation is 1. The average Bonchev–Trinajstić information content (AvgIpc) is 2.67. The second-order valence-corrected chi connectivity index (χ2v) is 3.79. The summed E-state index contributed by atoms with van der Waals surface area (Å²) in [5, 5.41) is 0. The summed E-state index contributed by atoms with van der Waals surface area (Å²) in [6.45, 7) is 0. The van der Waals surface area contributed by atoms with Crippen molar-refractivity contribution in [2.45, 2.75) is 6.42 Å². The zero-order valence-corrected chi connectivity index (χ0v) is 9.27. The summed E-state index contributed by atoms with van der Waals surface area (Å²) in [6.07, 6.45) is 2.22. The first-order valence-corrected chi connectivity index (χ1v) is 5.44. The van der Waals surface area contributed by atoms with Gasteiger partial charge in [0.1, 0.15) is 17.5 Å². The van der Waals surface area contributed by atoms with Crippen LogP contribution in [0, 0.1) is 11.6 Å². The number of nitrogens with one attached hydrogen (secondary N) is 1. The van der Waals surface area contributed by atoms with Gasteiger partial charge >= 0.3 is 0 Å². The Morgan fingerprint density at radius 2 is 2.12 bits per heavy atom. The highest BCUT2D eigenvalue weighted by Crippen LogP contribution is 2.21. The lowest BCUT2D eigenvalue weighted by atomic mass is 10.1. The molecule has 0 saturated heterocycles. The molecule has 1 heterocycles. The molecule has 0 atom stereocenters. The van der Waals surface area contributed by atoms with Crippen LogP contribution in [0.2, 0.25) is 0 Å². The highest BCUT2D eigenvalue weighted by molar-refractivity contribution is 7.80. The van der Waals surface area contributed by atoms with E-state index in [1.165, 1.54) is 18.3 Å². The van der Waals surface area contributed by atoms with E-state index in [2.05, 4.69) is 22.6 Å². The molecule has 1 aromatic carbocycles. The Balaban J connectivity index is 2.35. The fourth-order valence-electron chi connectivity index (χ4n) is 1.44. The first-order valence-electron chi connectivity index (χ1n) is 4.81. The summed E-state index contributed by atoms with van der Waals surface area (Å²) in [5.41, 5.74) is 0.869. The monoisotopic (exact) mass is 240 g/mol. The van der Waals surface area contributed by atoms with Crippen LogP contribution < -0.4 is 0 Å². The number of aromatic amines is 1. The van der Waals surface area contributed by atoms with Crippen LogP contribution in [0.15, 0.2) is 24.4 Å². The number of benzene rings is 1. The molecule has 0 radical (unpaired) electrons. The average molecular weight is 240 g/mol. The molecular weight excluding hydrogens is 230 g/mol. The molecule has 0 aliphatic rings. The molecule has 0 bridgehead atoms. The quantitative estimate of drug-likeness (QED) is 0.793. The molecular formula is C11H10F2N2S. The molecule has 0 amide bonds. The van der Waals surface area contributed by atoms with Crippen LogP contribution in [0.25, 0.3) is 11.3 Å². The van der Waals surface area contributed by atoms with Crippen LogP contribution in [0.4, 0.5) is 8.78 Å². The number of aromatic nitrogens is 2. The molecule has 2 rings (SSSR count). The second kappa shape index (κ2) is 4.65. The molecule has 16 heavy (non-hydrogen) atoms. The van der Waals surface area contributed by atoms with E-state index in [1.807, 2.05) is 0 Å². The van der Waals surface area contributed by atoms with Gasteiger partial charge in [0.2, 0.25) is 0 Å². The van der Waals surface area contributed by atoms with Gasteiger partial charge in [-0.05, 0) is 17.9 Å². The van der Waals surface area contributed by atoms with Crippen LogP contribution >= 0.6 is 12.6 Å². The largest absolute Gasteiger partial charge is 0.342 e. The smallest absolute Gasteiger partial charge is 0.135 e. The zero-order valence-electron chi connectivity index (χ0n) is 8.37. The molecule has 0 unspecified atom stereocenters. The normalized spacial score (nSPS) is 10.7. The maximum Gasteiger partial charge on any atom is 0.135 e. The molecule has 0 saturated carbocycles. The minimum Gasteiger partial charge on any atom is -0.342 e. The first kappa shape index (κ1) is 11.1. The first-order chi connectivity index (χ1) is 7.70. The molecule has 1 N–H and O–H groups in total. The van der Waals surface area contributed by atoms with Gasteiger partial charge in [-0.1, -0.05) is 0 Å². The highest BCUT2D eigenvalue weighted by Gasteiger charge is 2.08. The minimum atomic E-state index is -0.596. The maximum absolute atomic E-state index is 13.4. The topological polar surface area (TPSA) is 28.7 Å². The number of imidazole rings is 1. The van der Waals surface area contributed by atoms with Crippen molar-refractivity contribution in [1.82, 2.24) is 9.97 Å². The number of hydrogen-bond acceptors (Lipinski definition) is 2. The lowest BCUT2D eigenvalue weighted by Crippen LogP contribution is -1.90. The molecule has 0 aliphatic heterocycles. The lowest BCUT2D eigenvalue weighted by Gasteiger charge is -1.99. The molecule has 2 aromatic rings. The molecule has 5 heteroatoms. The van der Waals surface area contributed by atoms with Crippen LogP contribution in [0.3, 0.4) is 0 Å². The number of rotatable bonds is 3. The number of thiol groups is 1. The van der Waals surface area contributed by atoms with E-state index in [9.17, 15) is 8.78 Å². The fourth-order valence-corrected chi connectivity index (χ4v) is 1.65. The van der Waals surface area contributed by atoms with E-state index in [0.717, 1.165) is 11.9 Å². The van der Waals surface area contributed by atoms with Crippen molar-refractivity contribution in [2.75, 3.05) is 5.75 Å². The van der Waals surface area contributed by atoms with E-state index < -0.39 is 11.6 Å². The minimum absolute atomic E-state index is 0.319. The third kappa shape index (κ3) is 2.24.